The smallest absolute Gasteiger partial charge is 0.139 e. The highest BCUT2D eigenvalue weighted by Gasteiger charge is 2.13. The summed E-state index contributed by atoms with van der Waals surface area (Å²) in [6, 6.07) is 11.1. The van der Waals surface area contributed by atoms with Crippen molar-refractivity contribution < 1.29 is 4.74 Å². The summed E-state index contributed by atoms with van der Waals surface area (Å²) < 4.78 is 5.91. The molecule has 0 radical (unpaired) electrons. The van der Waals surface area contributed by atoms with Crippen LogP contribution in [0, 0.1) is 12.3 Å². The number of aryl methyl sites for hydroxylation is 1. The van der Waals surface area contributed by atoms with Crippen LogP contribution in [-0.4, -0.2) is 12.1 Å². The fourth-order valence-corrected chi connectivity index (χ4v) is 2.63. The van der Waals surface area contributed by atoms with E-state index < -0.39 is 0 Å². The second-order valence-electron chi connectivity index (χ2n) is 4.26. The summed E-state index contributed by atoms with van der Waals surface area (Å²) in [5.74, 6) is 1.22. The van der Waals surface area contributed by atoms with E-state index in [4.69, 9.17) is 27.5 Å². The third-order valence-corrected chi connectivity index (χ3v) is 3.86. The molecule has 0 amide bonds. The van der Waals surface area contributed by atoms with Gasteiger partial charge >= 0.3 is 0 Å². The minimum atomic E-state index is -0.00960. The lowest BCUT2D eigenvalue weighted by atomic mass is 10.1. The molecule has 0 atom stereocenters. The molecule has 5 heteroatoms. The van der Waals surface area contributed by atoms with Gasteiger partial charge in [0.25, 0.3) is 0 Å². The molecule has 0 aromatic heterocycles. The van der Waals surface area contributed by atoms with Gasteiger partial charge in [0.05, 0.1) is 5.56 Å². The fraction of sp³-hybridized carbons (Fsp3) is 0.133. The van der Waals surface area contributed by atoms with Gasteiger partial charge < -0.3 is 10.5 Å². The highest BCUT2D eigenvalue weighted by atomic mass is 35.5. The Labute approximate surface area is 127 Å². The number of hydrogen-bond donors (Lipinski definition) is 2. The number of thioether (sulfide) groups is 1. The number of hydrogen-bond acceptors (Lipinski definition) is 3. The number of halogens is 1. The van der Waals surface area contributed by atoms with Gasteiger partial charge in [-0.15, -0.1) is 11.8 Å². The minimum Gasteiger partial charge on any atom is -0.456 e. The van der Waals surface area contributed by atoms with Crippen LogP contribution in [0.15, 0.2) is 41.3 Å². The van der Waals surface area contributed by atoms with Gasteiger partial charge in [0.2, 0.25) is 0 Å². The third kappa shape index (κ3) is 3.08. The molecule has 0 bridgehead atoms. The maximum Gasteiger partial charge on any atom is 0.139 e. The van der Waals surface area contributed by atoms with Gasteiger partial charge in [-0.1, -0.05) is 23.7 Å². The van der Waals surface area contributed by atoms with Crippen molar-refractivity contribution in [3.05, 3.63) is 52.5 Å². The Hall–Kier alpha value is -1.65. The number of benzene rings is 2. The minimum absolute atomic E-state index is 0.00960. The molecule has 0 spiro atoms. The van der Waals surface area contributed by atoms with Crippen LogP contribution in [0.5, 0.6) is 11.5 Å². The van der Waals surface area contributed by atoms with Crippen LogP contribution in [0.4, 0.5) is 0 Å². The van der Waals surface area contributed by atoms with Crippen LogP contribution in [0.1, 0.15) is 11.1 Å². The number of ether oxygens (including phenoxy) is 1. The van der Waals surface area contributed by atoms with E-state index >= 15 is 0 Å². The topological polar surface area (TPSA) is 59.1 Å². The maximum atomic E-state index is 7.74. The average molecular weight is 307 g/mol. The zero-order valence-corrected chi connectivity index (χ0v) is 12.8. The van der Waals surface area contributed by atoms with E-state index in [1.165, 1.54) is 11.8 Å². The van der Waals surface area contributed by atoms with Crippen molar-refractivity contribution in [2.45, 2.75) is 11.8 Å². The molecular weight excluding hydrogens is 292 g/mol. The molecule has 104 valence electrons. The van der Waals surface area contributed by atoms with Crippen LogP contribution >= 0.6 is 23.4 Å². The molecule has 0 saturated heterocycles. The van der Waals surface area contributed by atoms with Crippen molar-refractivity contribution in [1.29, 1.82) is 5.41 Å². The zero-order chi connectivity index (χ0) is 14.7. The van der Waals surface area contributed by atoms with Crippen LogP contribution in [0.2, 0.25) is 5.02 Å². The average Bonchev–Trinajstić information content (AvgIpc) is 2.42. The molecule has 3 N–H and O–H groups in total. The quantitative estimate of drug-likeness (QED) is 0.498. The first kappa shape index (κ1) is 14.8. The van der Waals surface area contributed by atoms with Crippen molar-refractivity contribution in [1.82, 2.24) is 0 Å². The summed E-state index contributed by atoms with van der Waals surface area (Å²) in [7, 11) is 0. The second-order valence-corrected chi connectivity index (χ2v) is 5.54. The summed E-state index contributed by atoms with van der Waals surface area (Å²) in [6.45, 7) is 1.94. The summed E-state index contributed by atoms with van der Waals surface area (Å²) in [4.78, 5) is 0.912. The molecule has 0 aliphatic heterocycles. The number of nitrogens with one attached hydrogen (secondary N) is 1. The standard InChI is InChI=1S/C15H15ClN2OS/c1-9-6-7-10(16)8-12(9)19-11-4-3-5-13(20-2)14(11)15(17)18/h3-8H,1-2H3,(H3,17,18). The predicted molar refractivity (Wildman–Crippen MR) is 85.5 cm³/mol. The first-order chi connectivity index (χ1) is 9.52. The van der Waals surface area contributed by atoms with E-state index in [1.54, 1.807) is 12.1 Å². The molecule has 0 fully saturated rings. The molecule has 0 aliphatic carbocycles. The van der Waals surface area contributed by atoms with Crippen molar-refractivity contribution in [2.24, 2.45) is 5.73 Å². The van der Waals surface area contributed by atoms with Gasteiger partial charge in [-0.3, -0.25) is 5.41 Å². The fourth-order valence-electron chi connectivity index (χ4n) is 1.83. The van der Waals surface area contributed by atoms with Crippen molar-refractivity contribution in [3.63, 3.8) is 0 Å². The van der Waals surface area contributed by atoms with Gasteiger partial charge in [0, 0.05) is 9.92 Å². The van der Waals surface area contributed by atoms with Crippen molar-refractivity contribution >= 4 is 29.2 Å². The molecule has 0 aliphatic rings. The van der Waals surface area contributed by atoms with E-state index in [2.05, 4.69) is 0 Å². The Morgan fingerprint density at radius 3 is 2.65 bits per heavy atom. The van der Waals surface area contributed by atoms with Crippen LogP contribution in [-0.2, 0) is 0 Å². The van der Waals surface area contributed by atoms with Crippen LogP contribution in [0.25, 0.3) is 0 Å². The molecule has 0 saturated carbocycles. The first-order valence-electron chi connectivity index (χ1n) is 5.98. The highest BCUT2D eigenvalue weighted by molar-refractivity contribution is 7.98. The van der Waals surface area contributed by atoms with E-state index in [9.17, 15) is 0 Å². The third-order valence-electron chi connectivity index (χ3n) is 2.85. The lowest BCUT2D eigenvalue weighted by molar-refractivity contribution is 0.476. The van der Waals surface area contributed by atoms with Gasteiger partial charge in [0.1, 0.15) is 17.3 Å². The Kier molecular flexibility index (Phi) is 4.57. The van der Waals surface area contributed by atoms with Crippen molar-refractivity contribution in [2.75, 3.05) is 6.26 Å². The normalized spacial score (nSPS) is 10.3. The Balaban J connectivity index is 2.48. The molecule has 2 aromatic carbocycles. The molecule has 2 aromatic rings. The summed E-state index contributed by atoms with van der Waals surface area (Å²) in [6.07, 6.45) is 1.94. The molecular formula is C15H15ClN2OS. The molecule has 2 rings (SSSR count). The molecule has 0 unspecified atom stereocenters. The predicted octanol–water partition coefficient (Wildman–Crippen LogP) is 4.45. The molecule has 20 heavy (non-hydrogen) atoms. The SMILES string of the molecule is CSc1cccc(Oc2cc(Cl)ccc2C)c1C(=N)N. The Morgan fingerprint density at radius 1 is 1.25 bits per heavy atom. The zero-order valence-electron chi connectivity index (χ0n) is 11.2. The molecule has 0 heterocycles. The lowest BCUT2D eigenvalue weighted by Crippen LogP contribution is -2.13. The Morgan fingerprint density at radius 2 is 2.00 bits per heavy atom. The van der Waals surface area contributed by atoms with Gasteiger partial charge in [-0.25, -0.2) is 0 Å². The second kappa shape index (κ2) is 6.20. The van der Waals surface area contributed by atoms with Crippen LogP contribution < -0.4 is 10.5 Å². The highest BCUT2D eigenvalue weighted by Crippen LogP contribution is 2.34. The van der Waals surface area contributed by atoms with E-state index in [1.807, 2.05) is 37.4 Å². The summed E-state index contributed by atoms with van der Waals surface area (Å²) >= 11 is 7.52. The summed E-state index contributed by atoms with van der Waals surface area (Å²) in [5.41, 5.74) is 7.26. The Bertz CT molecular complexity index is 658. The van der Waals surface area contributed by atoms with Gasteiger partial charge in [0.15, 0.2) is 0 Å². The van der Waals surface area contributed by atoms with E-state index in [0.29, 0.717) is 22.1 Å². The number of amidine groups is 1. The largest absolute Gasteiger partial charge is 0.456 e. The van der Waals surface area contributed by atoms with Gasteiger partial charge in [-0.05, 0) is 43.0 Å². The maximum absolute atomic E-state index is 7.74. The number of nitrogens with two attached hydrogens (primary N) is 1. The van der Waals surface area contributed by atoms with E-state index in [-0.39, 0.29) is 5.84 Å². The number of rotatable bonds is 4. The molecule has 3 nitrogen and oxygen atoms in total. The monoisotopic (exact) mass is 306 g/mol. The summed E-state index contributed by atoms with van der Waals surface area (Å²) in [5, 5.41) is 8.35. The van der Waals surface area contributed by atoms with Crippen LogP contribution in [0.3, 0.4) is 0 Å². The first-order valence-corrected chi connectivity index (χ1v) is 7.58. The lowest BCUT2D eigenvalue weighted by Gasteiger charge is -2.14. The van der Waals surface area contributed by atoms with E-state index in [0.717, 1.165) is 10.5 Å². The van der Waals surface area contributed by atoms with Gasteiger partial charge in [-0.2, -0.15) is 0 Å². The van der Waals surface area contributed by atoms with Crippen molar-refractivity contribution in [3.8, 4) is 11.5 Å². The number of nitrogen functional groups attached to an aromatic ring is 1.